The molecule has 1 aliphatic carbocycles. The van der Waals surface area contributed by atoms with Crippen molar-refractivity contribution in [1.82, 2.24) is 10.6 Å². The Kier molecular flexibility index (Phi) is 4.88. The minimum atomic E-state index is -0.713. The van der Waals surface area contributed by atoms with Gasteiger partial charge in [-0.05, 0) is 44.7 Å². The third-order valence-corrected chi connectivity index (χ3v) is 4.76. The van der Waals surface area contributed by atoms with Gasteiger partial charge >= 0.3 is 5.97 Å². The van der Waals surface area contributed by atoms with Gasteiger partial charge < -0.3 is 20.1 Å². The van der Waals surface area contributed by atoms with Crippen LogP contribution in [0.5, 0.6) is 0 Å². The van der Waals surface area contributed by atoms with Crippen molar-refractivity contribution >= 4 is 11.9 Å². The van der Waals surface area contributed by atoms with Crippen LogP contribution in [0.1, 0.15) is 32.6 Å². The fourth-order valence-electron chi connectivity index (χ4n) is 3.42. The van der Waals surface area contributed by atoms with Crippen LogP contribution in [0.15, 0.2) is 0 Å². The molecule has 1 amide bonds. The zero-order valence-electron chi connectivity index (χ0n) is 13.2. The summed E-state index contributed by atoms with van der Waals surface area (Å²) in [4.78, 5) is 24.0. The fourth-order valence-corrected chi connectivity index (χ4v) is 3.42. The molecule has 2 unspecified atom stereocenters. The van der Waals surface area contributed by atoms with E-state index in [1.54, 1.807) is 7.11 Å². The van der Waals surface area contributed by atoms with E-state index >= 15 is 0 Å². The van der Waals surface area contributed by atoms with E-state index in [0.717, 1.165) is 32.4 Å². The van der Waals surface area contributed by atoms with Crippen molar-refractivity contribution in [2.75, 3.05) is 33.9 Å². The first kappa shape index (κ1) is 16.2. The lowest BCUT2D eigenvalue weighted by Crippen LogP contribution is -2.52. The summed E-state index contributed by atoms with van der Waals surface area (Å²) >= 11 is 0. The lowest BCUT2D eigenvalue weighted by atomic mass is 9.91. The molecule has 1 heterocycles. The van der Waals surface area contributed by atoms with Gasteiger partial charge in [0, 0.05) is 13.0 Å². The number of methoxy groups -OCH3 is 2. The molecule has 0 bridgehead atoms. The Hall–Kier alpha value is -1.14. The second-order valence-corrected chi connectivity index (χ2v) is 6.60. The molecule has 2 aliphatic rings. The maximum atomic E-state index is 12.5. The van der Waals surface area contributed by atoms with E-state index in [-0.39, 0.29) is 36.2 Å². The predicted octanol–water partition coefficient (Wildman–Crippen LogP) is 0.461. The number of ether oxygens (including phenoxy) is 2. The quantitative estimate of drug-likeness (QED) is 0.697. The third-order valence-electron chi connectivity index (χ3n) is 4.76. The van der Waals surface area contributed by atoms with Crippen molar-refractivity contribution in [3.05, 3.63) is 0 Å². The molecule has 1 aliphatic heterocycles. The number of esters is 1. The molecule has 6 heteroatoms. The van der Waals surface area contributed by atoms with Gasteiger partial charge in [-0.15, -0.1) is 0 Å². The molecule has 1 saturated carbocycles. The van der Waals surface area contributed by atoms with E-state index in [1.165, 1.54) is 7.11 Å². The molecule has 2 fully saturated rings. The van der Waals surface area contributed by atoms with Gasteiger partial charge in [0.05, 0.1) is 25.7 Å². The maximum Gasteiger partial charge on any atom is 0.307 e. The predicted molar refractivity (Wildman–Crippen MR) is 77.7 cm³/mol. The minimum Gasteiger partial charge on any atom is -0.469 e. The van der Waals surface area contributed by atoms with Crippen LogP contribution in [0.2, 0.25) is 0 Å². The first-order valence-electron chi connectivity index (χ1n) is 7.53. The second kappa shape index (κ2) is 6.32. The first-order valence-corrected chi connectivity index (χ1v) is 7.53. The van der Waals surface area contributed by atoms with Crippen LogP contribution in [0.3, 0.4) is 0 Å². The summed E-state index contributed by atoms with van der Waals surface area (Å²) in [6.07, 6.45) is 3.19. The summed E-state index contributed by atoms with van der Waals surface area (Å²) in [6.45, 7) is 4.08. The van der Waals surface area contributed by atoms with Crippen LogP contribution in [-0.2, 0) is 19.1 Å². The number of piperidine rings is 1. The summed E-state index contributed by atoms with van der Waals surface area (Å²) in [5.74, 6) is -0.226. The van der Waals surface area contributed by atoms with Gasteiger partial charge in [0.25, 0.3) is 0 Å². The van der Waals surface area contributed by atoms with Gasteiger partial charge in [-0.3, -0.25) is 9.59 Å². The molecule has 120 valence electrons. The van der Waals surface area contributed by atoms with Gasteiger partial charge in [0.1, 0.15) is 0 Å². The molecular formula is C15H26N2O4. The number of amides is 1. The Bertz CT molecular complexity index is 406. The number of hydrogen-bond donors (Lipinski definition) is 2. The Balaban J connectivity index is 1.94. The summed E-state index contributed by atoms with van der Waals surface area (Å²) in [6, 6.07) is 0. The number of carbonyl (C=O) groups is 2. The number of carbonyl (C=O) groups excluding carboxylic acids is 2. The Morgan fingerprint density at radius 2 is 2.00 bits per heavy atom. The van der Waals surface area contributed by atoms with Crippen LogP contribution in [-0.4, -0.2) is 51.3 Å². The molecule has 2 N–H and O–H groups in total. The van der Waals surface area contributed by atoms with Crippen molar-refractivity contribution in [3.8, 4) is 0 Å². The number of nitrogens with one attached hydrogen (secondary N) is 2. The van der Waals surface area contributed by atoms with Gasteiger partial charge in [-0.2, -0.15) is 0 Å². The van der Waals surface area contributed by atoms with Crippen LogP contribution < -0.4 is 10.6 Å². The highest BCUT2D eigenvalue weighted by Gasteiger charge is 2.58. The van der Waals surface area contributed by atoms with Gasteiger partial charge in [0.15, 0.2) is 0 Å². The molecule has 6 nitrogen and oxygen atoms in total. The lowest BCUT2D eigenvalue weighted by Gasteiger charge is -2.30. The number of hydrogen-bond acceptors (Lipinski definition) is 5. The van der Waals surface area contributed by atoms with E-state index in [4.69, 9.17) is 9.47 Å². The first-order chi connectivity index (χ1) is 9.95. The van der Waals surface area contributed by atoms with Crippen molar-refractivity contribution in [2.24, 2.45) is 11.3 Å². The molecular weight excluding hydrogens is 272 g/mol. The van der Waals surface area contributed by atoms with Crippen molar-refractivity contribution in [1.29, 1.82) is 0 Å². The van der Waals surface area contributed by atoms with E-state index in [0.29, 0.717) is 0 Å². The SMILES string of the molecule is COCC(C)(CC(=O)OC)NC(=O)C1CC12CCNCC2. The van der Waals surface area contributed by atoms with Gasteiger partial charge in [-0.25, -0.2) is 0 Å². The number of rotatable bonds is 6. The van der Waals surface area contributed by atoms with Gasteiger partial charge in [0.2, 0.25) is 5.91 Å². The normalized spacial score (nSPS) is 26.0. The minimum absolute atomic E-state index is 0.0420. The van der Waals surface area contributed by atoms with Crippen LogP contribution in [0.25, 0.3) is 0 Å². The highest BCUT2D eigenvalue weighted by molar-refractivity contribution is 5.84. The molecule has 1 spiro atoms. The van der Waals surface area contributed by atoms with E-state index in [2.05, 4.69) is 10.6 Å². The zero-order chi connectivity index (χ0) is 15.5. The Morgan fingerprint density at radius 3 is 2.57 bits per heavy atom. The Labute approximate surface area is 125 Å². The lowest BCUT2D eigenvalue weighted by molar-refractivity contribution is -0.143. The molecule has 0 aromatic carbocycles. The van der Waals surface area contributed by atoms with Crippen molar-refractivity contribution < 1.29 is 19.1 Å². The highest BCUT2D eigenvalue weighted by Crippen LogP contribution is 2.58. The zero-order valence-corrected chi connectivity index (χ0v) is 13.2. The summed E-state index contributed by atoms with van der Waals surface area (Å²) in [5.41, 5.74) is -0.524. The van der Waals surface area contributed by atoms with Gasteiger partial charge in [-0.1, -0.05) is 0 Å². The molecule has 21 heavy (non-hydrogen) atoms. The topological polar surface area (TPSA) is 76.7 Å². The van der Waals surface area contributed by atoms with Crippen LogP contribution in [0.4, 0.5) is 0 Å². The van der Waals surface area contributed by atoms with Crippen molar-refractivity contribution in [2.45, 2.75) is 38.1 Å². The molecule has 2 rings (SSSR count). The van der Waals surface area contributed by atoms with Crippen LogP contribution in [0, 0.1) is 11.3 Å². The fraction of sp³-hybridized carbons (Fsp3) is 0.867. The monoisotopic (exact) mass is 298 g/mol. The second-order valence-electron chi connectivity index (χ2n) is 6.60. The summed E-state index contributed by atoms with van der Waals surface area (Å²) in [7, 11) is 2.91. The molecule has 1 saturated heterocycles. The third kappa shape index (κ3) is 3.74. The molecule has 0 aromatic heterocycles. The standard InChI is InChI=1S/C15H26N2O4/c1-14(10-20-2,9-12(18)21-3)17-13(19)11-8-15(11)4-6-16-7-5-15/h11,16H,4-10H2,1-3H3,(H,17,19). The average Bonchev–Trinajstić information content (AvgIpc) is 3.13. The van der Waals surface area contributed by atoms with Crippen molar-refractivity contribution in [3.63, 3.8) is 0 Å². The van der Waals surface area contributed by atoms with E-state index < -0.39 is 5.54 Å². The summed E-state index contributed by atoms with van der Waals surface area (Å²) in [5, 5.41) is 6.34. The average molecular weight is 298 g/mol. The van der Waals surface area contributed by atoms with E-state index in [9.17, 15) is 9.59 Å². The van der Waals surface area contributed by atoms with E-state index in [1.807, 2.05) is 6.92 Å². The largest absolute Gasteiger partial charge is 0.469 e. The molecule has 0 aromatic rings. The molecule has 0 radical (unpaired) electrons. The maximum absolute atomic E-state index is 12.5. The highest BCUT2D eigenvalue weighted by atomic mass is 16.5. The van der Waals surface area contributed by atoms with Crippen LogP contribution >= 0.6 is 0 Å². The molecule has 2 atom stereocenters. The Morgan fingerprint density at radius 1 is 1.33 bits per heavy atom. The smallest absolute Gasteiger partial charge is 0.307 e. The summed E-state index contributed by atoms with van der Waals surface area (Å²) < 4.78 is 9.86.